The molecular formula is C21H24N4O2. The van der Waals surface area contributed by atoms with Crippen LogP contribution < -0.4 is 10.9 Å². The van der Waals surface area contributed by atoms with Gasteiger partial charge >= 0.3 is 0 Å². The number of nitrogens with zero attached hydrogens (tertiary/aromatic N) is 2. The summed E-state index contributed by atoms with van der Waals surface area (Å²) in [5, 5.41) is 10.2. The number of carbonyl (C=O) groups is 1. The Hall–Kier alpha value is -2.99. The molecule has 27 heavy (non-hydrogen) atoms. The summed E-state index contributed by atoms with van der Waals surface area (Å²) < 4.78 is 0. The molecule has 1 amide bonds. The molecule has 0 aliphatic rings. The van der Waals surface area contributed by atoms with Gasteiger partial charge in [-0.05, 0) is 30.3 Å². The van der Waals surface area contributed by atoms with E-state index >= 15 is 0 Å². The molecular weight excluding hydrogens is 340 g/mol. The molecule has 2 aromatic carbocycles. The van der Waals surface area contributed by atoms with Gasteiger partial charge in [-0.3, -0.25) is 14.5 Å². The Morgan fingerprint density at radius 3 is 2.30 bits per heavy atom. The molecule has 0 spiro atoms. The molecule has 0 bridgehead atoms. The van der Waals surface area contributed by atoms with Gasteiger partial charge in [0.05, 0.1) is 5.39 Å². The number of rotatable bonds is 7. The van der Waals surface area contributed by atoms with Crippen molar-refractivity contribution in [1.29, 1.82) is 0 Å². The van der Waals surface area contributed by atoms with Gasteiger partial charge in [-0.25, -0.2) is 5.10 Å². The lowest BCUT2D eigenvalue weighted by Gasteiger charge is -2.18. The molecule has 0 fully saturated rings. The van der Waals surface area contributed by atoms with Crippen molar-refractivity contribution in [3.8, 4) is 0 Å². The highest BCUT2D eigenvalue weighted by atomic mass is 16.2. The van der Waals surface area contributed by atoms with Crippen molar-refractivity contribution in [2.45, 2.75) is 26.9 Å². The standard InChI is InChI=1S/C21H24N4O2/c1-3-25(4-2)14-16-11-9-15(10-12-16)13-22-21(27)19-17-7-5-6-8-18(17)20(26)24-23-19/h5-12H,3-4,13-14H2,1-2H3,(H,22,27)(H,24,26). The second-order valence-electron chi connectivity index (χ2n) is 6.41. The molecule has 0 unspecified atom stereocenters. The number of nitrogens with one attached hydrogen (secondary N) is 2. The lowest BCUT2D eigenvalue weighted by atomic mass is 10.1. The van der Waals surface area contributed by atoms with E-state index in [1.807, 2.05) is 12.1 Å². The number of fused-ring (bicyclic) bond motifs is 1. The van der Waals surface area contributed by atoms with Crippen LogP contribution in [0.4, 0.5) is 0 Å². The predicted octanol–water partition coefficient (Wildman–Crippen LogP) is 2.69. The third kappa shape index (κ3) is 4.41. The number of hydrogen-bond donors (Lipinski definition) is 2. The summed E-state index contributed by atoms with van der Waals surface area (Å²) in [5.41, 5.74) is 2.19. The molecule has 0 saturated heterocycles. The average molecular weight is 364 g/mol. The van der Waals surface area contributed by atoms with Crippen molar-refractivity contribution < 1.29 is 4.79 Å². The van der Waals surface area contributed by atoms with Gasteiger partial charge in [-0.15, -0.1) is 0 Å². The molecule has 0 aliphatic heterocycles. The quantitative estimate of drug-likeness (QED) is 0.676. The zero-order valence-corrected chi connectivity index (χ0v) is 15.7. The van der Waals surface area contributed by atoms with E-state index in [-0.39, 0.29) is 17.2 Å². The van der Waals surface area contributed by atoms with E-state index in [9.17, 15) is 9.59 Å². The molecule has 6 nitrogen and oxygen atoms in total. The maximum absolute atomic E-state index is 12.5. The number of aromatic nitrogens is 2. The molecule has 0 radical (unpaired) electrons. The maximum Gasteiger partial charge on any atom is 0.272 e. The average Bonchev–Trinajstić information content (AvgIpc) is 2.71. The third-order valence-electron chi connectivity index (χ3n) is 4.69. The maximum atomic E-state index is 12.5. The lowest BCUT2D eigenvalue weighted by Crippen LogP contribution is -2.26. The Morgan fingerprint density at radius 1 is 1.00 bits per heavy atom. The molecule has 3 aromatic rings. The van der Waals surface area contributed by atoms with Crippen LogP contribution in [0.15, 0.2) is 53.3 Å². The fraction of sp³-hybridized carbons (Fsp3) is 0.286. The highest BCUT2D eigenvalue weighted by molar-refractivity contribution is 6.04. The van der Waals surface area contributed by atoms with E-state index in [2.05, 4.69) is 46.4 Å². The minimum Gasteiger partial charge on any atom is -0.347 e. The summed E-state index contributed by atoms with van der Waals surface area (Å²) in [7, 11) is 0. The van der Waals surface area contributed by atoms with Gasteiger partial charge in [-0.1, -0.05) is 56.3 Å². The first-order chi connectivity index (χ1) is 13.1. The Balaban J connectivity index is 1.68. The number of amides is 1. The number of hydrogen-bond acceptors (Lipinski definition) is 4. The van der Waals surface area contributed by atoms with Gasteiger partial charge < -0.3 is 5.32 Å². The van der Waals surface area contributed by atoms with Crippen LogP contribution in [-0.4, -0.2) is 34.1 Å². The van der Waals surface area contributed by atoms with Crippen LogP contribution in [0.5, 0.6) is 0 Å². The number of carbonyl (C=O) groups excluding carboxylic acids is 1. The SMILES string of the molecule is CCN(CC)Cc1ccc(CNC(=O)c2n[nH]c(=O)c3ccccc23)cc1. The Bertz CT molecular complexity index is 975. The van der Waals surface area contributed by atoms with Gasteiger partial charge in [0.2, 0.25) is 0 Å². The topological polar surface area (TPSA) is 78.1 Å². The van der Waals surface area contributed by atoms with Crippen molar-refractivity contribution in [1.82, 2.24) is 20.4 Å². The first-order valence-electron chi connectivity index (χ1n) is 9.18. The van der Waals surface area contributed by atoms with E-state index in [1.165, 1.54) is 5.56 Å². The zero-order valence-electron chi connectivity index (χ0n) is 15.7. The van der Waals surface area contributed by atoms with E-state index in [4.69, 9.17) is 0 Å². The van der Waals surface area contributed by atoms with Gasteiger partial charge in [0.1, 0.15) is 0 Å². The van der Waals surface area contributed by atoms with Crippen LogP contribution in [0.3, 0.4) is 0 Å². The van der Waals surface area contributed by atoms with Crippen molar-refractivity contribution >= 4 is 16.7 Å². The van der Waals surface area contributed by atoms with Crippen LogP contribution in [0.2, 0.25) is 0 Å². The number of aromatic amines is 1. The van der Waals surface area contributed by atoms with Crippen molar-refractivity contribution in [2.75, 3.05) is 13.1 Å². The fourth-order valence-electron chi connectivity index (χ4n) is 3.02. The normalized spacial score (nSPS) is 11.1. The minimum absolute atomic E-state index is 0.225. The van der Waals surface area contributed by atoms with Crippen LogP contribution in [0.25, 0.3) is 10.8 Å². The predicted molar refractivity (Wildman–Crippen MR) is 107 cm³/mol. The summed E-state index contributed by atoms with van der Waals surface area (Å²) in [6.07, 6.45) is 0. The van der Waals surface area contributed by atoms with E-state index in [0.29, 0.717) is 17.3 Å². The van der Waals surface area contributed by atoms with Crippen molar-refractivity contribution in [2.24, 2.45) is 0 Å². The fourth-order valence-corrected chi connectivity index (χ4v) is 3.02. The summed E-state index contributed by atoms with van der Waals surface area (Å²) in [6.45, 7) is 7.68. The molecule has 1 heterocycles. The second kappa shape index (κ2) is 8.60. The molecule has 0 aliphatic carbocycles. The molecule has 3 rings (SSSR count). The Labute approximate surface area is 158 Å². The Kier molecular flexibility index (Phi) is 5.98. The van der Waals surface area contributed by atoms with Crippen LogP contribution in [-0.2, 0) is 13.1 Å². The molecule has 6 heteroatoms. The molecule has 1 aromatic heterocycles. The highest BCUT2D eigenvalue weighted by Crippen LogP contribution is 2.13. The van der Waals surface area contributed by atoms with Crippen LogP contribution >= 0.6 is 0 Å². The summed E-state index contributed by atoms with van der Waals surface area (Å²) in [6, 6.07) is 15.2. The van der Waals surface area contributed by atoms with E-state index in [1.54, 1.807) is 24.3 Å². The van der Waals surface area contributed by atoms with E-state index < -0.39 is 0 Å². The smallest absolute Gasteiger partial charge is 0.272 e. The van der Waals surface area contributed by atoms with E-state index in [0.717, 1.165) is 25.2 Å². The number of H-pyrrole nitrogens is 1. The summed E-state index contributed by atoms with van der Waals surface area (Å²) >= 11 is 0. The first-order valence-corrected chi connectivity index (χ1v) is 9.18. The number of benzene rings is 2. The summed E-state index contributed by atoms with van der Waals surface area (Å²) in [4.78, 5) is 26.7. The first kappa shape index (κ1) is 18.8. The monoisotopic (exact) mass is 364 g/mol. The molecule has 0 atom stereocenters. The van der Waals surface area contributed by atoms with Crippen molar-refractivity contribution in [3.63, 3.8) is 0 Å². The molecule has 140 valence electrons. The highest BCUT2D eigenvalue weighted by Gasteiger charge is 2.13. The van der Waals surface area contributed by atoms with Gasteiger partial charge in [-0.2, -0.15) is 5.10 Å². The third-order valence-corrected chi connectivity index (χ3v) is 4.69. The summed E-state index contributed by atoms with van der Waals surface area (Å²) in [5.74, 6) is -0.310. The lowest BCUT2D eigenvalue weighted by molar-refractivity contribution is 0.0946. The largest absolute Gasteiger partial charge is 0.347 e. The van der Waals surface area contributed by atoms with Crippen LogP contribution in [0, 0.1) is 0 Å². The van der Waals surface area contributed by atoms with Gasteiger partial charge in [0, 0.05) is 18.5 Å². The van der Waals surface area contributed by atoms with Crippen molar-refractivity contribution in [3.05, 3.63) is 75.7 Å². The van der Waals surface area contributed by atoms with Gasteiger partial charge in [0.15, 0.2) is 5.69 Å². The molecule has 2 N–H and O–H groups in total. The Morgan fingerprint density at radius 2 is 1.63 bits per heavy atom. The zero-order chi connectivity index (χ0) is 19.2. The van der Waals surface area contributed by atoms with Crippen LogP contribution in [0.1, 0.15) is 35.5 Å². The second-order valence-corrected chi connectivity index (χ2v) is 6.41. The van der Waals surface area contributed by atoms with Gasteiger partial charge in [0.25, 0.3) is 11.5 Å². The minimum atomic E-state index is -0.310. The molecule has 0 saturated carbocycles.